The van der Waals surface area contributed by atoms with Crippen LogP contribution in [-0.4, -0.2) is 38.6 Å². The molecule has 1 fully saturated rings. The van der Waals surface area contributed by atoms with Crippen molar-refractivity contribution in [2.24, 2.45) is 0 Å². The second-order valence-corrected chi connectivity index (χ2v) is 7.88. The Bertz CT molecular complexity index is 1040. The van der Waals surface area contributed by atoms with Crippen LogP contribution < -0.4 is 4.90 Å². The third-order valence-corrected chi connectivity index (χ3v) is 5.73. The van der Waals surface area contributed by atoms with Crippen LogP contribution in [0.5, 0.6) is 0 Å². The van der Waals surface area contributed by atoms with Crippen molar-refractivity contribution >= 4 is 58.0 Å². The molecule has 0 bridgehead atoms. The van der Waals surface area contributed by atoms with Crippen molar-refractivity contribution in [3.63, 3.8) is 0 Å². The van der Waals surface area contributed by atoms with E-state index < -0.39 is 0 Å². The highest BCUT2D eigenvalue weighted by Gasteiger charge is 2.21. The highest BCUT2D eigenvalue weighted by atomic mass is 35.5. The van der Waals surface area contributed by atoms with E-state index in [4.69, 9.17) is 23.2 Å². The van der Waals surface area contributed by atoms with Crippen LogP contribution in [0, 0.1) is 0 Å². The number of carbonyl (C=O) groups excluding carboxylic acids is 2. The molecule has 9 heteroatoms. The number of anilines is 1. The number of rotatable bonds is 5. The number of hydrogen-bond acceptors (Lipinski definition) is 5. The Kier molecular flexibility index (Phi) is 5.08. The van der Waals surface area contributed by atoms with Gasteiger partial charge >= 0.3 is 0 Å². The summed E-state index contributed by atoms with van der Waals surface area (Å²) in [6.07, 6.45) is 3.12. The van der Waals surface area contributed by atoms with Crippen LogP contribution in [0.3, 0.4) is 0 Å². The standard InChI is InChI=1S/C18H14Cl2N4O2S/c19-12-8-14(20)17-21-22-18(24(17)9-12)27-10-15(25)11-3-5-13(6-4-11)23-7-1-2-16(23)26/h3-6,8-9H,1-2,7,10H2. The second-order valence-electron chi connectivity index (χ2n) is 6.09. The summed E-state index contributed by atoms with van der Waals surface area (Å²) in [6.45, 7) is 0.729. The molecule has 6 nitrogen and oxygen atoms in total. The Labute approximate surface area is 169 Å². The molecule has 0 unspecified atom stereocenters. The minimum atomic E-state index is -0.0378. The van der Waals surface area contributed by atoms with Crippen molar-refractivity contribution in [2.45, 2.75) is 18.0 Å². The van der Waals surface area contributed by atoms with Gasteiger partial charge in [0, 0.05) is 30.4 Å². The van der Waals surface area contributed by atoms with Gasteiger partial charge in [0.15, 0.2) is 16.6 Å². The Hall–Kier alpha value is -2.09. The van der Waals surface area contributed by atoms with Gasteiger partial charge in [-0.05, 0) is 36.8 Å². The summed E-state index contributed by atoms with van der Waals surface area (Å²) in [5.74, 6) is 0.289. The molecular formula is C18H14Cl2N4O2S. The van der Waals surface area contributed by atoms with Crippen molar-refractivity contribution < 1.29 is 9.59 Å². The van der Waals surface area contributed by atoms with E-state index in [1.54, 1.807) is 33.7 Å². The first-order chi connectivity index (χ1) is 13.0. The summed E-state index contributed by atoms with van der Waals surface area (Å²) < 4.78 is 1.67. The van der Waals surface area contributed by atoms with E-state index in [0.29, 0.717) is 32.8 Å². The molecule has 0 atom stereocenters. The number of halogens is 2. The zero-order valence-corrected chi connectivity index (χ0v) is 16.4. The maximum atomic E-state index is 12.5. The van der Waals surface area contributed by atoms with Crippen LogP contribution in [0.25, 0.3) is 5.65 Å². The van der Waals surface area contributed by atoms with Gasteiger partial charge in [-0.15, -0.1) is 10.2 Å². The van der Waals surface area contributed by atoms with E-state index >= 15 is 0 Å². The number of thioether (sulfide) groups is 1. The van der Waals surface area contributed by atoms with Crippen molar-refractivity contribution in [1.29, 1.82) is 0 Å². The fraction of sp³-hybridized carbons (Fsp3) is 0.222. The predicted molar refractivity (Wildman–Crippen MR) is 106 cm³/mol. The molecule has 1 aliphatic heterocycles. The summed E-state index contributed by atoms with van der Waals surface area (Å²) in [5, 5.41) is 9.51. The molecule has 0 spiro atoms. The van der Waals surface area contributed by atoms with Gasteiger partial charge in [-0.2, -0.15) is 0 Å². The maximum absolute atomic E-state index is 12.5. The van der Waals surface area contributed by atoms with Gasteiger partial charge in [0.1, 0.15) is 0 Å². The SMILES string of the molecule is O=C(CSc1nnc2c(Cl)cc(Cl)cn12)c1ccc(N2CCCC2=O)cc1. The molecule has 0 N–H and O–H groups in total. The molecule has 0 aliphatic carbocycles. The Balaban J connectivity index is 1.46. The Morgan fingerprint density at radius 3 is 2.67 bits per heavy atom. The van der Waals surface area contributed by atoms with Crippen LogP contribution >= 0.6 is 35.0 Å². The molecule has 2 aromatic heterocycles. The molecule has 3 heterocycles. The monoisotopic (exact) mass is 420 g/mol. The number of ketones is 1. The first-order valence-electron chi connectivity index (χ1n) is 8.29. The Morgan fingerprint density at radius 1 is 1.19 bits per heavy atom. The zero-order chi connectivity index (χ0) is 19.0. The molecule has 27 heavy (non-hydrogen) atoms. The fourth-order valence-corrected chi connectivity index (χ4v) is 4.28. The van der Waals surface area contributed by atoms with Crippen LogP contribution in [0.2, 0.25) is 10.0 Å². The van der Waals surface area contributed by atoms with Gasteiger partial charge in [-0.1, -0.05) is 35.0 Å². The largest absolute Gasteiger partial charge is 0.312 e. The molecule has 0 radical (unpaired) electrons. The first-order valence-corrected chi connectivity index (χ1v) is 10.0. The van der Waals surface area contributed by atoms with Crippen LogP contribution in [0.1, 0.15) is 23.2 Å². The number of nitrogens with zero attached hydrogens (tertiary/aromatic N) is 4. The minimum absolute atomic E-state index is 0.0378. The quantitative estimate of drug-likeness (QED) is 0.458. The number of Topliss-reactive ketones (excluding diaryl/α,β-unsaturated/α-hetero) is 1. The van der Waals surface area contributed by atoms with Crippen molar-refractivity contribution in [1.82, 2.24) is 14.6 Å². The molecule has 1 aliphatic rings. The highest BCUT2D eigenvalue weighted by molar-refractivity contribution is 7.99. The molecule has 138 valence electrons. The molecule has 3 aromatic rings. The van der Waals surface area contributed by atoms with Gasteiger partial charge in [0.25, 0.3) is 0 Å². The topological polar surface area (TPSA) is 67.6 Å². The number of fused-ring (bicyclic) bond motifs is 1. The van der Waals surface area contributed by atoms with Crippen molar-refractivity contribution in [3.8, 4) is 0 Å². The fourth-order valence-electron chi connectivity index (χ4n) is 2.96. The van der Waals surface area contributed by atoms with Crippen LogP contribution in [-0.2, 0) is 4.79 Å². The molecule has 1 amide bonds. The van der Waals surface area contributed by atoms with Gasteiger partial charge in [0.2, 0.25) is 5.91 Å². The van der Waals surface area contributed by atoms with Gasteiger partial charge < -0.3 is 4.90 Å². The van der Waals surface area contributed by atoms with Crippen LogP contribution in [0.4, 0.5) is 5.69 Å². The van der Waals surface area contributed by atoms with Gasteiger partial charge in [-0.3, -0.25) is 14.0 Å². The third kappa shape index (κ3) is 3.67. The number of pyridine rings is 1. The number of aromatic nitrogens is 3. The summed E-state index contributed by atoms with van der Waals surface area (Å²) in [4.78, 5) is 26.0. The van der Waals surface area contributed by atoms with Gasteiger partial charge in [0.05, 0.1) is 15.8 Å². The third-order valence-electron chi connectivity index (χ3n) is 4.30. The molecular weight excluding hydrogens is 407 g/mol. The summed E-state index contributed by atoms with van der Waals surface area (Å²) >= 11 is 13.4. The van der Waals surface area contributed by atoms with E-state index in [0.717, 1.165) is 18.7 Å². The average molecular weight is 421 g/mol. The van der Waals surface area contributed by atoms with E-state index in [9.17, 15) is 9.59 Å². The Morgan fingerprint density at radius 2 is 1.96 bits per heavy atom. The lowest BCUT2D eigenvalue weighted by Gasteiger charge is -2.15. The lowest BCUT2D eigenvalue weighted by molar-refractivity contribution is -0.117. The smallest absolute Gasteiger partial charge is 0.227 e. The van der Waals surface area contributed by atoms with Crippen molar-refractivity contribution in [3.05, 3.63) is 52.1 Å². The second kappa shape index (κ2) is 7.50. The average Bonchev–Trinajstić information content (AvgIpc) is 3.26. The number of carbonyl (C=O) groups is 2. The van der Waals surface area contributed by atoms with E-state index in [2.05, 4.69) is 10.2 Å². The van der Waals surface area contributed by atoms with E-state index in [-0.39, 0.29) is 17.4 Å². The lowest BCUT2D eigenvalue weighted by Crippen LogP contribution is -2.23. The molecule has 4 rings (SSSR count). The normalized spacial score (nSPS) is 14.3. The molecule has 1 saturated heterocycles. The zero-order valence-electron chi connectivity index (χ0n) is 14.1. The number of amides is 1. The lowest BCUT2D eigenvalue weighted by atomic mass is 10.1. The maximum Gasteiger partial charge on any atom is 0.227 e. The van der Waals surface area contributed by atoms with Crippen LogP contribution in [0.15, 0.2) is 41.7 Å². The molecule has 1 aromatic carbocycles. The molecule has 0 saturated carbocycles. The van der Waals surface area contributed by atoms with Gasteiger partial charge in [-0.25, -0.2) is 0 Å². The minimum Gasteiger partial charge on any atom is -0.312 e. The summed E-state index contributed by atoms with van der Waals surface area (Å²) in [6, 6.07) is 8.72. The van der Waals surface area contributed by atoms with E-state index in [1.807, 2.05) is 12.1 Å². The predicted octanol–water partition coefficient (Wildman–Crippen LogP) is 4.14. The number of hydrogen-bond donors (Lipinski definition) is 0. The number of benzene rings is 1. The summed E-state index contributed by atoms with van der Waals surface area (Å²) in [7, 11) is 0. The summed E-state index contributed by atoms with van der Waals surface area (Å²) in [5.41, 5.74) is 1.91. The van der Waals surface area contributed by atoms with E-state index in [1.165, 1.54) is 11.8 Å². The van der Waals surface area contributed by atoms with Crippen molar-refractivity contribution in [2.75, 3.05) is 17.2 Å². The first kappa shape index (κ1) is 18.3. The highest BCUT2D eigenvalue weighted by Crippen LogP contribution is 2.26.